The van der Waals surface area contributed by atoms with Crippen molar-refractivity contribution in [1.29, 1.82) is 0 Å². The number of rotatable bonds is 6. The van der Waals surface area contributed by atoms with Crippen LogP contribution in [0.25, 0.3) is 0 Å². The van der Waals surface area contributed by atoms with Crippen LogP contribution in [0.5, 0.6) is 5.88 Å². The molecule has 2 aliphatic heterocycles. The maximum atomic E-state index is 9.18. The number of carbonyl (C=O) groups excluding carboxylic acids is 1. The van der Waals surface area contributed by atoms with Crippen LogP contribution in [0.1, 0.15) is 45.4 Å². The highest BCUT2D eigenvalue weighted by Gasteiger charge is 2.48. The van der Waals surface area contributed by atoms with Crippen LogP contribution < -0.4 is 9.64 Å². The molecular formula is C24H38N4O3. The molecule has 0 radical (unpaired) electrons. The molecule has 172 valence electrons. The summed E-state index contributed by atoms with van der Waals surface area (Å²) in [4.78, 5) is 21.4. The average Bonchev–Trinajstić information content (AvgIpc) is 3.17. The fourth-order valence-electron chi connectivity index (χ4n) is 5.63. The molecule has 5 rings (SSSR count). The molecule has 1 aromatic rings. The number of nitrogens with zero attached hydrogens (tertiary/aromatic N) is 4. The van der Waals surface area contributed by atoms with Gasteiger partial charge >= 0.3 is 0 Å². The first-order valence-corrected chi connectivity index (χ1v) is 12.0. The number of piperazine rings is 1. The van der Waals surface area contributed by atoms with Crippen molar-refractivity contribution in [2.24, 2.45) is 5.41 Å². The number of anilines is 1. The third-order valence-corrected chi connectivity index (χ3v) is 7.37. The summed E-state index contributed by atoms with van der Waals surface area (Å²) in [5, 5.41) is 0. The summed E-state index contributed by atoms with van der Waals surface area (Å²) < 4.78 is 10.3. The summed E-state index contributed by atoms with van der Waals surface area (Å²) in [7, 11) is 2.26. The minimum atomic E-state index is 0.389. The van der Waals surface area contributed by atoms with Crippen LogP contribution in [0, 0.1) is 5.41 Å². The molecule has 1 spiro atoms. The van der Waals surface area contributed by atoms with Crippen molar-refractivity contribution in [1.82, 2.24) is 14.8 Å². The molecule has 2 saturated heterocycles. The third-order valence-electron chi connectivity index (χ3n) is 7.37. The Labute approximate surface area is 186 Å². The van der Waals surface area contributed by atoms with Crippen LogP contribution in [0.3, 0.4) is 0 Å². The van der Waals surface area contributed by atoms with Crippen molar-refractivity contribution in [2.75, 3.05) is 57.8 Å². The van der Waals surface area contributed by atoms with E-state index in [2.05, 4.69) is 37.5 Å². The molecule has 1 unspecified atom stereocenters. The van der Waals surface area contributed by atoms with Gasteiger partial charge in [-0.25, -0.2) is 4.98 Å². The standard InChI is InChI=1S/C21H32N4O.C3H6O2/c1-23-15-21(16-23)8-7-17(14-21)24-10-12-25(13-11-24)19-6-3-9-22-20(19)26-18-4-2-5-18;1-2-5-3-4/h3,6,9,17-18H,2,4-5,7-8,10-16H2,1H3;3H,2H2,1H3. The molecule has 4 fully saturated rings. The van der Waals surface area contributed by atoms with Gasteiger partial charge in [-0.1, -0.05) is 0 Å². The van der Waals surface area contributed by atoms with E-state index in [4.69, 9.17) is 4.74 Å². The highest BCUT2D eigenvalue weighted by atomic mass is 16.5. The van der Waals surface area contributed by atoms with Gasteiger partial charge in [0.2, 0.25) is 5.88 Å². The van der Waals surface area contributed by atoms with E-state index in [-0.39, 0.29) is 0 Å². The molecule has 1 atom stereocenters. The molecule has 3 heterocycles. The average molecular weight is 431 g/mol. The first kappa shape index (κ1) is 22.3. The number of carbonyl (C=O) groups is 1. The lowest BCUT2D eigenvalue weighted by molar-refractivity contribution is -0.128. The zero-order chi connectivity index (χ0) is 21.7. The molecule has 2 saturated carbocycles. The van der Waals surface area contributed by atoms with Crippen LogP contribution in [-0.4, -0.2) is 86.3 Å². The second-order valence-corrected chi connectivity index (χ2v) is 9.64. The van der Waals surface area contributed by atoms with Crippen molar-refractivity contribution in [3.05, 3.63) is 18.3 Å². The minimum Gasteiger partial charge on any atom is -0.473 e. The summed E-state index contributed by atoms with van der Waals surface area (Å²) in [6, 6.07) is 5.04. The van der Waals surface area contributed by atoms with Gasteiger partial charge in [0.25, 0.3) is 6.47 Å². The van der Waals surface area contributed by atoms with E-state index in [1.165, 1.54) is 70.4 Å². The number of hydrogen-bond acceptors (Lipinski definition) is 7. The maximum absolute atomic E-state index is 9.18. The van der Waals surface area contributed by atoms with Crippen molar-refractivity contribution >= 4 is 12.2 Å². The summed E-state index contributed by atoms with van der Waals surface area (Å²) in [5.74, 6) is 0.850. The Morgan fingerprint density at radius 3 is 2.55 bits per heavy atom. The molecule has 1 aromatic heterocycles. The monoisotopic (exact) mass is 430 g/mol. The fraction of sp³-hybridized carbons (Fsp3) is 0.750. The van der Waals surface area contributed by atoms with E-state index < -0.39 is 0 Å². The Morgan fingerprint density at radius 2 is 1.97 bits per heavy atom. The van der Waals surface area contributed by atoms with Gasteiger partial charge in [0.1, 0.15) is 6.10 Å². The molecule has 7 heteroatoms. The Balaban J connectivity index is 0.000000418. The zero-order valence-electron chi connectivity index (χ0n) is 19.2. The largest absolute Gasteiger partial charge is 0.473 e. The highest BCUT2D eigenvalue weighted by Crippen LogP contribution is 2.46. The molecule has 31 heavy (non-hydrogen) atoms. The lowest BCUT2D eigenvalue weighted by Gasteiger charge is -2.47. The van der Waals surface area contributed by atoms with Gasteiger partial charge in [-0.05, 0) is 70.0 Å². The molecule has 0 amide bonds. The topological polar surface area (TPSA) is 58.1 Å². The van der Waals surface area contributed by atoms with Gasteiger partial charge < -0.3 is 19.3 Å². The Hall–Kier alpha value is -1.86. The van der Waals surface area contributed by atoms with Crippen molar-refractivity contribution in [3.63, 3.8) is 0 Å². The molecule has 2 aliphatic carbocycles. The lowest BCUT2D eigenvalue weighted by Crippen LogP contribution is -2.54. The highest BCUT2D eigenvalue weighted by molar-refractivity contribution is 5.55. The molecule has 4 aliphatic rings. The Kier molecular flexibility index (Phi) is 7.33. The Bertz CT molecular complexity index is 713. The van der Waals surface area contributed by atoms with E-state index in [0.717, 1.165) is 25.0 Å². The number of pyridine rings is 1. The first-order valence-electron chi connectivity index (χ1n) is 12.0. The van der Waals surface area contributed by atoms with E-state index in [1.54, 1.807) is 6.92 Å². The van der Waals surface area contributed by atoms with Crippen LogP contribution in [0.2, 0.25) is 0 Å². The molecule has 0 N–H and O–H groups in total. The van der Waals surface area contributed by atoms with E-state index in [0.29, 0.717) is 24.6 Å². The normalized spacial score (nSPS) is 25.9. The number of ether oxygens (including phenoxy) is 2. The smallest absolute Gasteiger partial charge is 0.293 e. The van der Waals surface area contributed by atoms with Crippen LogP contribution in [0.15, 0.2) is 18.3 Å². The van der Waals surface area contributed by atoms with Gasteiger partial charge in [-0.15, -0.1) is 0 Å². The molecule has 0 aromatic carbocycles. The van der Waals surface area contributed by atoms with Crippen LogP contribution in [-0.2, 0) is 9.53 Å². The van der Waals surface area contributed by atoms with E-state index >= 15 is 0 Å². The SMILES string of the molecule is CCOC=O.CN1CC2(CCC(N3CCN(c4cccnc4OC4CCC4)CC3)C2)C1. The lowest BCUT2D eigenvalue weighted by atomic mass is 9.78. The molecule has 0 bridgehead atoms. The second-order valence-electron chi connectivity index (χ2n) is 9.64. The summed E-state index contributed by atoms with van der Waals surface area (Å²) in [6.07, 6.45) is 10.2. The van der Waals surface area contributed by atoms with Crippen molar-refractivity contribution < 1.29 is 14.3 Å². The van der Waals surface area contributed by atoms with E-state index in [1.807, 2.05) is 12.3 Å². The molecule has 7 nitrogen and oxygen atoms in total. The van der Waals surface area contributed by atoms with Gasteiger partial charge in [0, 0.05) is 51.5 Å². The zero-order valence-corrected chi connectivity index (χ0v) is 19.2. The fourth-order valence-corrected chi connectivity index (χ4v) is 5.63. The quantitative estimate of drug-likeness (QED) is 0.643. The van der Waals surface area contributed by atoms with Gasteiger partial charge in [0.15, 0.2) is 0 Å². The first-order chi connectivity index (χ1) is 15.1. The van der Waals surface area contributed by atoms with Gasteiger partial charge in [-0.3, -0.25) is 9.69 Å². The van der Waals surface area contributed by atoms with Crippen LogP contribution >= 0.6 is 0 Å². The summed E-state index contributed by atoms with van der Waals surface area (Å²) in [6.45, 7) is 9.84. The maximum Gasteiger partial charge on any atom is 0.293 e. The van der Waals surface area contributed by atoms with Crippen molar-refractivity contribution in [3.8, 4) is 5.88 Å². The summed E-state index contributed by atoms with van der Waals surface area (Å²) >= 11 is 0. The van der Waals surface area contributed by atoms with Gasteiger partial charge in [0.05, 0.1) is 12.3 Å². The van der Waals surface area contributed by atoms with Crippen molar-refractivity contribution in [2.45, 2.75) is 57.6 Å². The number of hydrogen-bond donors (Lipinski definition) is 0. The minimum absolute atomic E-state index is 0.389. The Morgan fingerprint density at radius 1 is 1.19 bits per heavy atom. The second kappa shape index (κ2) is 10.2. The third kappa shape index (κ3) is 5.32. The summed E-state index contributed by atoms with van der Waals surface area (Å²) in [5.41, 5.74) is 1.85. The van der Waals surface area contributed by atoms with Crippen LogP contribution in [0.4, 0.5) is 5.69 Å². The number of aromatic nitrogens is 1. The van der Waals surface area contributed by atoms with Gasteiger partial charge in [-0.2, -0.15) is 0 Å². The number of likely N-dealkylation sites (tertiary alicyclic amines) is 1. The predicted octanol–water partition coefficient (Wildman–Crippen LogP) is 2.80. The predicted molar refractivity (Wildman–Crippen MR) is 122 cm³/mol. The van der Waals surface area contributed by atoms with E-state index in [9.17, 15) is 4.79 Å². The molecular weight excluding hydrogens is 392 g/mol.